The summed E-state index contributed by atoms with van der Waals surface area (Å²) in [6.45, 7) is 0. The van der Waals surface area contributed by atoms with E-state index >= 15 is 0 Å². The summed E-state index contributed by atoms with van der Waals surface area (Å²) in [5, 5.41) is 0. The molecule has 0 fully saturated rings. The van der Waals surface area contributed by atoms with Crippen LogP contribution in [0.25, 0.3) is 0 Å². The molecule has 0 atom stereocenters. The van der Waals surface area contributed by atoms with Crippen LogP contribution in [0.2, 0.25) is 0 Å². The molecule has 0 bridgehead atoms. The van der Waals surface area contributed by atoms with Crippen LogP contribution in [0, 0.1) is 0 Å². The van der Waals surface area contributed by atoms with E-state index in [-0.39, 0.29) is 23.7 Å². The molecule has 34 valence electrons. The Labute approximate surface area is 47.4 Å². The second-order valence-electron chi connectivity index (χ2n) is 0.268. The van der Waals surface area contributed by atoms with Crippen LogP contribution < -0.4 is 0 Å². The van der Waals surface area contributed by atoms with E-state index in [1.807, 2.05) is 0 Å². The summed E-state index contributed by atoms with van der Waals surface area (Å²) in [6.07, 6.45) is 0. The van der Waals surface area contributed by atoms with Crippen molar-refractivity contribution in [3.63, 3.8) is 0 Å². The quantitative estimate of drug-likeness (QED) is 0.330. The third-order valence-electron chi connectivity index (χ3n) is 0. The molecular weight excluding hydrogens is 207 g/mol. The third-order valence-corrected chi connectivity index (χ3v) is 0. The first-order chi connectivity index (χ1) is 1.73. The van der Waals surface area contributed by atoms with Gasteiger partial charge >= 0.3 is 32.3 Å². The van der Waals surface area contributed by atoms with Crippen molar-refractivity contribution in [2.75, 3.05) is 0 Å². The zero-order chi connectivity index (χ0) is 3.58. The van der Waals surface area contributed by atoms with Crippen molar-refractivity contribution in [1.29, 1.82) is 0 Å². The Hall–Kier alpha value is 1.10. The van der Waals surface area contributed by atoms with Gasteiger partial charge < -0.3 is 14.7 Å². The van der Waals surface area contributed by atoms with E-state index in [2.05, 4.69) is 0 Å². The Morgan fingerprint density at radius 2 is 1.00 bits per heavy atom. The molecule has 0 aromatic rings. The summed E-state index contributed by atoms with van der Waals surface area (Å²) in [6, 6.07) is 0. The van der Waals surface area contributed by atoms with E-state index in [1.54, 1.807) is 0 Å². The molecule has 0 aromatic heterocycles. The van der Waals surface area contributed by atoms with Crippen molar-refractivity contribution in [1.82, 2.24) is 0 Å². The van der Waals surface area contributed by atoms with Gasteiger partial charge in [0.15, 0.2) is 0 Å². The minimum absolute atomic E-state index is 0. The van der Waals surface area contributed by atoms with Crippen molar-refractivity contribution in [3.05, 3.63) is 0 Å². The van der Waals surface area contributed by atoms with Crippen LogP contribution in [-0.2, 0) is 0 Å². The molecule has 0 saturated heterocycles. The van der Waals surface area contributed by atoms with Crippen LogP contribution in [0.5, 0.6) is 0 Å². The van der Waals surface area contributed by atoms with Gasteiger partial charge in [0.2, 0.25) is 0 Å². The number of rotatable bonds is 0. The molecule has 0 aliphatic heterocycles. The fourth-order valence-corrected chi connectivity index (χ4v) is 0. The van der Waals surface area contributed by atoms with Crippen molar-refractivity contribution in [2.24, 2.45) is 0 Å². The fraction of sp³-hybridized carbons (Fsp3) is 0. The number of hydrogen-bond acceptors (Lipinski definition) is 3. The van der Waals surface area contributed by atoms with Crippen LogP contribution in [0.1, 0.15) is 0 Å². The van der Waals surface area contributed by atoms with Gasteiger partial charge in [0, 0.05) is 0 Å². The Morgan fingerprint density at radius 3 is 1.00 bits per heavy atom. The average molecular weight is 212 g/mol. The van der Waals surface area contributed by atoms with E-state index in [0.717, 1.165) is 0 Å². The second-order valence-corrected chi connectivity index (χ2v) is 0.805. The molecule has 0 heterocycles. The molecule has 3 nitrogen and oxygen atoms in total. The molecule has 5 heteroatoms. The van der Waals surface area contributed by atoms with Crippen LogP contribution in [0.3, 0.4) is 0 Å². The molecule has 0 spiro atoms. The van der Waals surface area contributed by atoms with Gasteiger partial charge in [0.1, 0.15) is 0 Å². The van der Waals surface area contributed by atoms with Crippen molar-refractivity contribution in [3.8, 4) is 0 Å². The first-order valence-corrected chi connectivity index (χ1v) is 1.80. The van der Waals surface area contributed by atoms with Crippen molar-refractivity contribution >= 4 is 32.3 Å². The summed E-state index contributed by atoms with van der Waals surface area (Å²) in [5.74, 6) is 0. The van der Waals surface area contributed by atoms with Gasteiger partial charge in [-0.3, -0.25) is 0 Å². The predicted octanol–water partition coefficient (Wildman–Crippen LogP) is -1.73. The summed E-state index contributed by atoms with van der Waals surface area (Å²) in [4.78, 5) is 21.7. The Morgan fingerprint density at radius 1 is 1.00 bits per heavy atom. The van der Waals surface area contributed by atoms with Gasteiger partial charge in [0.05, 0.1) is 0 Å². The number of hydrogen-bond donors (Lipinski definition) is 3. The molecule has 0 aromatic carbocycles. The van der Waals surface area contributed by atoms with Crippen LogP contribution in [0.15, 0.2) is 0 Å². The summed E-state index contributed by atoms with van der Waals surface area (Å²) >= 11 is 0. The SMILES string of the molecule is OP(O)O.[TeH2]. The Bertz CT molecular complexity index is 11.6. The minimum atomic E-state index is -2.62. The van der Waals surface area contributed by atoms with E-state index in [1.165, 1.54) is 0 Å². The van der Waals surface area contributed by atoms with E-state index < -0.39 is 8.60 Å². The topological polar surface area (TPSA) is 60.7 Å². The molecule has 0 aliphatic carbocycles. The maximum absolute atomic E-state index is 7.23. The predicted molar refractivity (Wildman–Crippen MR) is 22.1 cm³/mol. The molecule has 0 aliphatic rings. The summed E-state index contributed by atoms with van der Waals surface area (Å²) in [5.41, 5.74) is 0. The Kier molecular flexibility index (Phi) is 9.63. The van der Waals surface area contributed by atoms with Gasteiger partial charge in [-0.2, -0.15) is 0 Å². The van der Waals surface area contributed by atoms with E-state index in [4.69, 9.17) is 14.7 Å². The van der Waals surface area contributed by atoms with Gasteiger partial charge in [-0.1, -0.05) is 0 Å². The molecule has 0 unspecified atom stereocenters. The Balaban J connectivity index is 0. The van der Waals surface area contributed by atoms with E-state index in [0.29, 0.717) is 0 Å². The normalized spacial score (nSPS) is 7.20. The second kappa shape index (κ2) is 5.10. The summed E-state index contributed by atoms with van der Waals surface area (Å²) < 4.78 is 0. The zero-order valence-electron chi connectivity index (χ0n) is 2.29. The average Bonchev–Trinajstić information content (AvgIpc) is 0.811. The van der Waals surface area contributed by atoms with Gasteiger partial charge in [-0.25, -0.2) is 0 Å². The fourth-order valence-electron chi connectivity index (χ4n) is 0. The van der Waals surface area contributed by atoms with Gasteiger partial charge in [-0.15, -0.1) is 0 Å². The molecule has 0 saturated carbocycles. The molecule has 0 radical (unpaired) electrons. The van der Waals surface area contributed by atoms with E-state index in [9.17, 15) is 0 Å². The monoisotopic (exact) mass is 214 g/mol. The van der Waals surface area contributed by atoms with Crippen LogP contribution in [-0.4, -0.2) is 38.3 Å². The third kappa shape index (κ3) is 40.5. The molecule has 0 amide bonds. The van der Waals surface area contributed by atoms with Crippen molar-refractivity contribution < 1.29 is 14.7 Å². The summed E-state index contributed by atoms with van der Waals surface area (Å²) in [7, 11) is -2.62. The first-order valence-electron chi connectivity index (χ1n) is 0.600. The van der Waals surface area contributed by atoms with Gasteiger partial charge in [0.25, 0.3) is 0 Å². The molecule has 0 rings (SSSR count). The van der Waals surface area contributed by atoms with Crippen LogP contribution >= 0.6 is 8.60 Å². The van der Waals surface area contributed by atoms with Crippen molar-refractivity contribution in [2.45, 2.75) is 0 Å². The standard InChI is InChI=1S/H3O3P.H2Te/c1-4(2)3;/h1-3H;1H2. The molecule has 5 heavy (non-hydrogen) atoms. The van der Waals surface area contributed by atoms with Gasteiger partial charge in [-0.05, 0) is 0 Å². The first kappa shape index (κ1) is 9.44. The van der Waals surface area contributed by atoms with Crippen LogP contribution in [0.4, 0.5) is 0 Å². The molecule has 3 N–H and O–H groups in total. The maximum atomic E-state index is 7.23. The molecular formula is H5O3PTe. The zero-order valence-corrected chi connectivity index (χ0v) is 6.04.